The van der Waals surface area contributed by atoms with Crippen molar-refractivity contribution in [1.29, 1.82) is 0 Å². The number of benzene rings is 1. The van der Waals surface area contributed by atoms with Gasteiger partial charge in [0.2, 0.25) is 0 Å². The van der Waals surface area contributed by atoms with Crippen LogP contribution in [0.1, 0.15) is 38.2 Å². The zero-order valence-corrected chi connectivity index (χ0v) is 18.2. The van der Waals surface area contributed by atoms with E-state index in [1.807, 2.05) is 19.1 Å². The van der Waals surface area contributed by atoms with Gasteiger partial charge in [0.15, 0.2) is 5.96 Å². The summed E-state index contributed by atoms with van der Waals surface area (Å²) in [5.41, 5.74) is 1.25. The van der Waals surface area contributed by atoms with E-state index in [9.17, 15) is 0 Å². The van der Waals surface area contributed by atoms with Crippen molar-refractivity contribution in [2.45, 2.75) is 39.5 Å². The van der Waals surface area contributed by atoms with Gasteiger partial charge in [0.25, 0.3) is 0 Å². The Bertz CT molecular complexity index is 452. The van der Waals surface area contributed by atoms with Crippen LogP contribution in [-0.2, 0) is 4.74 Å². The summed E-state index contributed by atoms with van der Waals surface area (Å²) in [4.78, 5) is 4.23. The fraction of sp³-hybridized carbons (Fsp3) is 0.632. The van der Waals surface area contributed by atoms with Crippen molar-refractivity contribution in [2.24, 2.45) is 4.99 Å². The molecule has 0 fully saturated rings. The molecule has 0 heterocycles. The predicted molar refractivity (Wildman–Crippen MR) is 116 cm³/mol. The third-order valence-corrected chi connectivity index (χ3v) is 3.59. The molecule has 0 atom stereocenters. The van der Waals surface area contributed by atoms with E-state index in [1.165, 1.54) is 5.56 Å². The van der Waals surface area contributed by atoms with E-state index in [0.29, 0.717) is 0 Å². The number of nitrogens with one attached hydrogen (secondary N) is 2. The van der Waals surface area contributed by atoms with Crippen molar-refractivity contribution >= 4 is 29.9 Å². The van der Waals surface area contributed by atoms with E-state index in [0.717, 1.165) is 70.3 Å². The lowest BCUT2D eigenvalue weighted by atomic mass is 10.2. The summed E-state index contributed by atoms with van der Waals surface area (Å²) in [5.74, 6) is 1.81. The van der Waals surface area contributed by atoms with Gasteiger partial charge in [-0.1, -0.05) is 17.7 Å². The first-order valence-electron chi connectivity index (χ1n) is 8.98. The van der Waals surface area contributed by atoms with Crippen LogP contribution < -0.4 is 15.4 Å². The molecule has 0 aromatic heterocycles. The van der Waals surface area contributed by atoms with Gasteiger partial charge in [0.1, 0.15) is 5.75 Å². The van der Waals surface area contributed by atoms with Crippen LogP contribution in [-0.4, -0.2) is 45.9 Å². The molecule has 0 radical (unpaired) electrons. The van der Waals surface area contributed by atoms with E-state index in [1.54, 1.807) is 7.05 Å². The highest BCUT2D eigenvalue weighted by molar-refractivity contribution is 14.0. The van der Waals surface area contributed by atoms with Crippen molar-refractivity contribution in [3.05, 3.63) is 29.8 Å². The number of aryl methyl sites for hydroxylation is 1. The Morgan fingerprint density at radius 2 is 1.56 bits per heavy atom. The van der Waals surface area contributed by atoms with E-state index >= 15 is 0 Å². The molecule has 0 unspecified atom stereocenters. The molecule has 2 N–H and O–H groups in total. The lowest BCUT2D eigenvalue weighted by Crippen LogP contribution is -2.38. The van der Waals surface area contributed by atoms with Gasteiger partial charge in [-0.05, 0) is 51.7 Å². The minimum absolute atomic E-state index is 0. The molecule has 1 aromatic carbocycles. The standard InChI is InChI=1S/C19H33N3O2.HI/c1-4-23-15-7-5-13-21-19(20-3)22-14-6-8-16-24-18-11-9-17(2)10-12-18;/h9-12H,4-8,13-16H2,1-3H3,(H2,20,21,22);1H. The Labute approximate surface area is 170 Å². The number of ether oxygens (including phenoxy) is 2. The summed E-state index contributed by atoms with van der Waals surface area (Å²) in [5, 5.41) is 6.65. The smallest absolute Gasteiger partial charge is 0.190 e. The van der Waals surface area contributed by atoms with Gasteiger partial charge < -0.3 is 20.1 Å². The summed E-state index contributed by atoms with van der Waals surface area (Å²) in [6.07, 6.45) is 4.24. The molecular weight excluding hydrogens is 429 g/mol. The number of aliphatic imine (C=N–C) groups is 1. The highest BCUT2D eigenvalue weighted by atomic mass is 127. The van der Waals surface area contributed by atoms with Crippen LogP contribution in [0.3, 0.4) is 0 Å². The fourth-order valence-corrected chi connectivity index (χ4v) is 2.16. The number of rotatable bonds is 12. The first-order chi connectivity index (χ1) is 11.8. The zero-order chi connectivity index (χ0) is 17.5. The monoisotopic (exact) mass is 463 g/mol. The van der Waals surface area contributed by atoms with E-state index < -0.39 is 0 Å². The van der Waals surface area contributed by atoms with Gasteiger partial charge in [-0.15, -0.1) is 24.0 Å². The van der Waals surface area contributed by atoms with Crippen LogP contribution in [0.5, 0.6) is 5.75 Å². The van der Waals surface area contributed by atoms with Crippen LogP contribution >= 0.6 is 24.0 Å². The Hall–Kier alpha value is -1.02. The molecule has 6 heteroatoms. The maximum absolute atomic E-state index is 5.72. The molecule has 0 aliphatic heterocycles. The van der Waals surface area contributed by atoms with Crippen molar-refractivity contribution in [3.8, 4) is 5.75 Å². The highest BCUT2D eigenvalue weighted by Crippen LogP contribution is 2.11. The first-order valence-corrected chi connectivity index (χ1v) is 8.98. The minimum atomic E-state index is 0. The second kappa shape index (κ2) is 16.4. The van der Waals surface area contributed by atoms with Crippen LogP contribution in [0.2, 0.25) is 0 Å². The molecular formula is C19H34IN3O2. The number of nitrogens with zero attached hydrogens (tertiary/aromatic N) is 1. The molecule has 144 valence electrons. The number of unbranched alkanes of at least 4 members (excludes halogenated alkanes) is 2. The molecule has 0 spiro atoms. The molecule has 0 bridgehead atoms. The number of hydrogen-bond acceptors (Lipinski definition) is 3. The number of halogens is 1. The molecule has 0 amide bonds. The van der Waals surface area contributed by atoms with Crippen molar-refractivity contribution in [1.82, 2.24) is 10.6 Å². The quantitative estimate of drug-likeness (QED) is 0.215. The molecule has 0 saturated heterocycles. The Morgan fingerprint density at radius 3 is 2.12 bits per heavy atom. The number of hydrogen-bond donors (Lipinski definition) is 2. The van der Waals surface area contributed by atoms with Crippen LogP contribution in [0, 0.1) is 6.92 Å². The van der Waals surface area contributed by atoms with Crippen LogP contribution in [0.25, 0.3) is 0 Å². The normalized spacial score (nSPS) is 10.9. The van der Waals surface area contributed by atoms with Crippen molar-refractivity contribution in [3.63, 3.8) is 0 Å². The number of guanidine groups is 1. The summed E-state index contributed by atoms with van der Waals surface area (Å²) in [6.45, 7) is 8.30. The Kier molecular flexibility index (Phi) is 15.8. The second-order valence-electron chi connectivity index (χ2n) is 5.70. The average molecular weight is 463 g/mol. The molecule has 5 nitrogen and oxygen atoms in total. The second-order valence-corrected chi connectivity index (χ2v) is 5.70. The molecule has 0 saturated carbocycles. The Morgan fingerprint density at radius 1 is 0.960 bits per heavy atom. The van der Waals surface area contributed by atoms with Crippen LogP contribution in [0.15, 0.2) is 29.3 Å². The lowest BCUT2D eigenvalue weighted by molar-refractivity contribution is 0.143. The van der Waals surface area contributed by atoms with Gasteiger partial charge >= 0.3 is 0 Å². The maximum atomic E-state index is 5.72. The molecule has 1 rings (SSSR count). The van der Waals surface area contributed by atoms with Gasteiger partial charge in [-0.2, -0.15) is 0 Å². The van der Waals surface area contributed by atoms with Gasteiger partial charge in [-0.25, -0.2) is 0 Å². The molecule has 0 aliphatic rings. The molecule has 1 aromatic rings. The third-order valence-electron chi connectivity index (χ3n) is 3.59. The largest absolute Gasteiger partial charge is 0.494 e. The lowest BCUT2D eigenvalue weighted by Gasteiger charge is -2.12. The molecule has 0 aliphatic carbocycles. The third kappa shape index (κ3) is 12.9. The predicted octanol–water partition coefficient (Wildman–Crippen LogP) is 3.75. The van der Waals surface area contributed by atoms with Gasteiger partial charge in [0.05, 0.1) is 6.61 Å². The highest BCUT2D eigenvalue weighted by Gasteiger charge is 1.98. The topological polar surface area (TPSA) is 54.9 Å². The summed E-state index contributed by atoms with van der Waals surface area (Å²) >= 11 is 0. The average Bonchev–Trinajstić information content (AvgIpc) is 2.60. The fourth-order valence-electron chi connectivity index (χ4n) is 2.16. The molecule has 25 heavy (non-hydrogen) atoms. The first kappa shape index (κ1) is 24.0. The minimum Gasteiger partial charge on any atom is -0.494 e. The van der Waals surface area contributed by atoms with E-state index in [2.05, 4.69) is 34.7 Å². The van der Waals surface area contributed by atoms with E-state index in [4.69, 9.17) is 9.47 Å². The van der Waals surface area contributed by atoms with E-state index in [-0.39, 0.29) is 24.0 Å². The van der Waals surface area contributed by atoms with Gasteiger partial charge in [-0.3, -0.25) is 4.99 Å². The summed E-state index contributed by atoms with van der Waals surface area (Å²) in [6, 6.07) is 8.18. The SMILES string of the molecule is CCOCCCCNC(=NC)NCCCCOc1ccc(C)cc1.I. The van der Waals surface area contributed by atoms with Crippen molar-refractivity contribution in [2.75, 3.05) is 40.0 Å². The van der Waals surface area contributed by atoms with Crippen LogP contribution in [0.4, 0.5) is 0 Å². The maximum Gasteiger partial charge on any atom is 0.190 e. The summed E-state index contributed by atoms with van der Waals surface area (Å²) < 4.78 is 11.0. The zero-order valence-electron chi connectivity index (χ0n) is 15.8. The Balaban J connectivity index is 0.00000576. The van der Waals surface area contributed by atoms with Crippen molar-refractivity contribution < 1.29 is 9.47 Å². The summed E-state index contributed by atoms with van der Waals surface area (Å²) in [7, 11) is 1.80. The van der Waals surface area contributed by atoms with Gasteiger partial charge in [0, 0.05) is 33.4 Å².